The van der Waals surface area contributed by atoms with Crippen LogP contribution in [0, 0.1) is 5.82 Å². The summed E-state index contributed by atoms with van der Waals surface area (Å²) in [5.74, 6) is -2.31. The van der Waals surface area contributed by atoms with Gasteiger partial charge >= 0.3 is 0 Å². The van der Waals surface area contributed by atoms with Gasteiger partial charge in [0.25, 0.3) is 0 Å². The van der Waals surface area contributed by atoms with Gasteiger partial charge in [-0.2, -0.15) is 0 Å². The lowest BCUT2D eigenvalue weighted by molar-refractivity contribution is -0.123. The number of ketones is 1. The normalized spacial score (nSPS) is 20.6. The molecule has 0 fully saturated rings. The SMILES string of the molecule is NC1=C(O)C(=O)[C@@H](c2ccccc2F)O1. The summed E-state index contributed by atoms with van der Waals surface area (Å²) in [7, 11) is 0. The van der Waals surface area contributed by atoms with Crippen LogP contribution in [0.5, 0.6) is 0 Å². The van der Waals surface area contributed by atoms with Gasteiger partial charge in [0, 0.05) is 5.56 Å². The summed E-state index contributed by atoms with van der Waals surface area (Å²) in [6.07, 6.45) is -1.17. The zero-order chi connectivity index (χ0) is 11.0. The molecule has 0 bridgehead atoms. The van der Waals surface area contributed by atoms with Gasteiger partial charge in [0.2, 0.25) is 17.4 Å². The van der Waals surface area contributed by atoms with Crippen molar-refractivity contribution in [1.29, 1.82) is 0 Å². The van der Waals surface area contributed by atoms with Crippen molar-refractivity contribution in [2.75, 3.05) is 0 Å². The number of carbonyl (C=O) groups is 1. The topological polar surface area (TPSA) is 72.5 Å². The van der Waals surface area contributed by atoms with Crippen LogP contribution in [0.15, 0.2) is 35.9 Å². The van der Waals surface area contributed by atoms with Crippen LogP contribution in [-0.4, -0.2) is 10.9 Å². The molecule has 4 nitrogen and oxygen atoms in total. The molecule has 0 spiro atoms. The number of halogens is 1. The number of aliphatic hydroxyl groups excluding tert-OH is 1. The van der Waals surface area contributed by atoms with Gasteiger partial charge in [-0.05, 0) is 6.07 Å². The molecule has 0 aromatic heterocycles. The van der Waals surface area contributed by atoms with Crippen LogP contribution in [0.1, 0.15) is 11.7 Å². The Hall–Kier alpha value is -2.04. The number of rotatable bonds is 1. The van der Waals surface area contributed by atoms with E-state index in [1.165, 1.54) is 18.2 Å². The van der Waals surface area contributed by atoms with Gasteiger partial charge in [-0.3, -0.25) is 4.79 Å². The molecule has 1 aromatic carbocycles. The maximum Gasteiger partial charge on any atom is 0.247 e. The Labute approximate surface area is 84.8 Å². The quantitative estimate of drug-likeness (QED) is 0.727. The zero-order valence-corrected chi connectivity index (χ0v) is 7.61. The molecular weight excluding hydrogens is 201 g/mol. The minimum Gasteiger partial charge on any atom is -0.501 e. The molecule has 0 radical (unpaired) electrons. The van der Waals surface area contributed by atoms with Gasteiger partial charge in [-0.15, -0.1) is 0 Å². The van der Waals surface area contributed by atoms with Crippen LogP contribution in [0.2, 0.25) is 0 Å². The lowest BCUT2D eigenvalue weighted by Crippen LogP contribution is -2.11. The van der Waals surface area contributed by atoms with Crippen LogP contribution >= 0.6 is 0 Å². The van der Waals surface area contributed by atoms with Gasteiger partial charge in [-0.1, -0.05) is 18.2 Å². The molecule has 0 saturated carbocycles. The average Bonchev–Trinajstić information content (AvgIpc) is 2.47. The molecule has 1 aliphatic heterocycles. The fourth-order valence-electron chi connectivity index (χ4n) is 1.37. The lowest BCUT2D eigenvalue weighted by Gasteiger charge is -2.10. The summed E-state index contributed by atoms with van der Waals surface area (Å²) in [4.78, 5) is 11.4. The highest BCUT2D eigenvalue weighted by Gasteiger charge is 2.36. The molecule has 0 unspecified atom stereocenters. The van der Waals surface area contributed by atoms with E-state index < -0.39 is 23.5 Å². The highest BCUT2D eigenvalue weighted by molar-refractivity contribution is 5.99. The Morgan fingerprint density at radius 2 is 2.07 bits per heavy atom. The van der Waals surface area contributed by atoms with Gasteiger partial charge in [0.1, 0.15) is 5.82 Å². The van der Waals surface area contributed by atoms with Crippen molar-refractivity contribution in [3.8, 4) is 0 Å². The molecule has 3 N–H and O–H groups in total. The summed E-state index contributed by atoms with van der Waals surface area (Å²) >= 11 is 0. The minimum atomic E-state index is -1.17. The largest absolute Gasteiger partial charge is 0.501 e. The summed E-state index contributed by atoms with van der Waals surface area (Å²) in [5.41, 5.74) is 5.27. The van der Waals surface area contributed by atoms with Crippen LogP contribution in [0.25, 0.3) is 0 Å². The molecular formula is C10H8FNO3. The second kappa shape index (κ2) is 3.27. The second-order valence-corrected chi connectivity index (χ2v) is 3.10. The first-order valence-corrected chi connectivity index (χ1v) is 4.25. The lowest BCUT2D eigenvalue weighted by atomic mass is 10.1. The Morgan fingerprint density at radius 1 is 1.40 bits per heavy atom. The third-order valence-corrected chi connectivity index (χ3v) is 2.14. The number of ether oxygens (including phenoxy) is 1. The maximum atomic E-state index is 13.3. The number of nitrogens with two attached hydrogens (primary N) is 1. The van der Waals surface area contributed by atoms with E-state index in [-0.39, 0.29) is 11.4 Å². The molecule has 1 atom stereocenters. The van der Waals surface area contributed by atoms with Gasteiger partial charge < -0.3 is 15.6 Å². The molecule has 15 heavy (non-hydrogen) atoms. The highest BCUT2D eigenvalue weighted by atomic mass is 19.1. The van der Waals surface area contributed by atoms with Crippen LogP contribution in [0.4, 0.5) is 4.39 Å². The number of carbonyl (C=O) groups excluding carboxylic acids is 1. The third kappa shape index (κ3) is 1.41. The summed E-state index contributed by atoms with van der Waals surface area (Å²) in [5, 5.41) is 9.15. The average molecular weight is 209 g/mol. The van der Waals surface area contributed by atoms with Gasteiger partial charge in [-0.25, -0.2) is 4.39 Å². The monoisotopic (exact) mass is 209 g/mol. The van der Waals surface area contributed by atoms with Crippen molar-refractivity contribution >= 4 is 5.78 Å². The van der Waals surface area contributed by atoms with Crippen molar-refractivity contribution < 1.29 is 19.0 Å². The summed E-state index contributed by atoms with van der Waals surface area (Å²) in [6, 6.07) is 5.68. The van der Waals surface area contributed by atoms with Crippen LogP contribution in [0.3, 0.4) is 0 Å². The highest BCUT2D eigenvalue weighted by Crippen LogP contribution is 2.30. The maximum absolute atomic E-state index is 13.3. The number of benzene rings is 1. The molecule has 0 saturated heterocycles. The van der Waals surface area contributed by atoms with E-state index >= 15 is 0 Å². The molecule has 1 heterocycles. The van der Waals surface area contributed by atoms with E-state index in [9.17, 15) is 9.18 Å². The standard InChI is InChI=1S/C10H8FNO3/c11-6-4-2-1-3-5(6)9-7(13)8(14)10(12)15-9/h1-4,9,14H,12H2/t9-/m1/s1. The molecule has 0 amide bonds. The first-order valence-electron chi connectivity index (χ1n) is 4.25. The van der Waals surface area contributed by atoms with Crippen molar-refractivity contribution in [3.63, 3.8) is 0 Å². The van der Waals surface area contributed by atoms with E-state index in [2.05, 4.69) is 0 Å². The molecule has 1 aromatic rings. The van der Waals surface area contributed by atoms with Gasteiger partial charge in [0.05, 0.1) is 0 Å². The third-order valence-electron chi connectivity index (χ3n) is 2.14. The smallest absolute Gasteiger partial charge is 0.247 e. The van der Waals surface area contributed by atoms with E-state index in [1.54, 1.807) is 6.07 Å². The van der Waals surface area contributed by atoms with Crippen molar-refractivity contribution in [1.82, 2.24) is 0 Å². The zero-order valence-electron chi connectivity index (χ0n) is 7.61. The first-order chi connectivity index (χ1) is 7.11. The number of hydrogen-bond donors (Lipinski definition) is 2. The van der Waals surface area contributed by atoms with Gasteiger partial charge in [0.15, 0.2) is 6.10 Å². The number of aliphatic hydroxyl groups is 1. The summed E-state index contributed by atoms with van der Waals surface area (Å²) < 4.78 is 18.2. The molecule has 5 heteroatoms. The minimum absolute atomic E-state index is 0.0644. The van der Waals surface area contributed by atoms with Crippen LogP contribution in [-0.2, 0) is 9.53 Å². The fourth-order valence-corrected chi connectivity index (χ4v) is 1.37. The van der Waals surface area contributed by atoms with E-state index in [1.807, 2.05) is 0 Å². The first kappa shape index (κ1) is 9.51. The van der Waals surface area contributed by atoms with Crippen LogP contribution < -0.4 is 5.73 Å². The number of Topliss-reactive ketones (excluding diaryl/α,β-unsaturated/α-hetero) is 1. The summed E-state index contributed by atoms with van der Waals surface area (Å²) in [6.45, 7) is 0. The van der Waals surface area contributed by atoms with Crippen molar-refractivity contribution in [2.45, 2.75) is 6.10 Å². The Balaban J connectivity index is 2.37. The number of hydrogen-bond acceptors (Lipinski definition) is 4. The Morgan fingerprint density at radius 3 is 2.60 bits per heavy atom. The Bertz CT molecular complexity index is 456. The van der Waals surface area contributed by atoms with E-state index in [0.717, 1.165) is 0 Å². The molecule has 0 aliphatic carbocycles. The van der Waals surface area contributed by atoms with E-state index in [0.29, 0.717) is 0 Å². The Kier molecular flexibility index (Phi) is 2.07. The van der Waals surface area contributed by atoms with Crippen molar-refractivity contribution in [3.05, 3.63) is 47.3 Å². The fraction of sp³-hybridized carbons (Fsp3) is 0.100. The predicted octanol–water partition coefficient (Wildman–Crippen LogP) is 1.15. The predicted molar refractivity (Wildman–Crippen MR) is 49.1 cm³/mol. The second-order valence-electron chi connectivity index (χ2n) is 3.10. The van der Waals surface area contributed by atoms with Crippen molar-refractivity contribution in [2.24, 2.45) is 5.73 Å². The molecule has 78 valence electrons. The molecule has 2 rings (SSSR count). The molecule has 1 aliphatic rings. The van der Waals surface area contributed by atoms with E-state index in [4.69, 9.17) is 15.6 Å².